The van der Waals surface area contributed by atoms with Gasteiger partial charge >= 0.3 is 0 Å². The van der Waals surface area contributed by atoms with Crippen molar-refractivity contribution in [1.29, 1.82) is 0 Å². The number of aromatic nitrogens is 1. The lowest BCUT2D eigenvalue weighted by atomic mass is 10.2. The first-order chi connectivity index (χ1) is 5.86. The van der Waals surface area contributed by atoms with E-state index in [0.29, 0.717) is 5.69 Å². The van der Waals surface area contributed by atoms with Gasteiger partial charge in [0, 0.05) is 17.8 Å². The Morgan fingerprint density at radius 1 is 1.33 bits per heavy atom. The van der Waals surface area contributed by atoms with E-state index in [1.165, 1.54) is 30.9 Å². The molecule has 0 N–H and O–H groups in total. The van der Waals surface area contributed by atoms with E-state index in [0.717, 1.165) is 5.56 Å². The van der Waals surface area contributed by atoms with Gasteiger partial charge in [0.15, 0.2) is 0 Å². The van der Waals surface area contributed by atoms with Gasteiger partial charge in [0.1, 0.15) is 5.82 Å². The highest BCUT2D eigenvalue weighted by atomic mass is 19.1. The Labute approximate surface area is 68.7 Å². The summed E-state index contributed by atoms with van der Waals surface area (Å²) in [4.78, 5) is 3.98. The molecule has 0 saturated heterocycles. The van der Waals surface area contributed by atoms with Gasteiger partial charge in [0.05, 0.1) is 18.2 Å². The van der Waals surface area contributed by atoms with Crippen molar-refractivity contribution in [1.82, 2.24) is 4.98 Å². The standard InChI is InChI=1S/C9H6FNO/c10-8-1-3-11-9(5-8)7-2-4-12-6-7/h1-6H. The summed E-state index contributed by atoms with van der Waals surface area (Å²) in [5, 5.41) is 0. The molecule has 0 aliphatic carbocycles. The molecular weight excluding hydrogens is 157 g/mol. The van der Waals surface area contributed by atoms with E-state index in [1.54, 1.807) is 6.07 Å². The number of pyridine rings is 1. The molecule has 2 rings (SSSR count). The van der Waals surface area contributed by atoms with Gasteiger partial charge in [-0.05, 0) is 12.1 Å². The topological polar surface area (TPSA) is 26.0 Å². The van der Waals surface area contributed by atoms with Crippen LogP contribution in [0.15, 0.2) is 41.3 Å². The normalized spacial score (nSPS) is 10.1. The molecule has 0 fully saturated rings. The van der Waals surface area contributed by atoms with Crippen LogP contribution in [-0.4, -0.2) is 4.98 Å². The Kier molecular flexibility index (Phi) is 1.63. The lowest BCUT2D eigenvalue weighted by Gasteiger charge is -1.93. The van der Waals surface area contributed by atoms with Crippen LogP contribution in [0.2, 0.25) is 0 Å². The summed E-state index contributed by atoms with van der Waals surface area (Å²) in [5.41, 5.74) is 1.37. The molecule has 0 amide bonds. The molecule has 0 spiro atoms. The van der Waals surface area contributed by atoms with Crippen LogP contribution in [0.5, 0.6) is 0 Å². The van der Waals surface area contributed by atoms with Gasteiger partial charge in [0.2, 0.25) is 0 Å². The monoisotopic (exact) mass is 163 g/mol. The second kappa shape index (κ2) is 2.77. The number of rotatable bonds is 1. The molecule has 0 aliphatic heterocycles. The minimum Gasteiger partial charge on any atom is -0.472 e. The molecule has 2 aromatic heterocycles. The zero-order chi connectivity index (χ0) is 8.39. The number of hydrogen-bond acceptors (Lipinski definition) is 2. The van der Waals surface area contributed by atoms with E-state index < -0.39 is 0 Å². The molecule has 0 atom stereocenters. The number of hydrogen-bond donors (Lipinski definition) is 0. The van der Waals surface area contributed by atoms with E-state index in [2.05, 4.69) is 4.98 Å². The van der Waals surface area contributed by atoms with E-state index in [1.807, 2.05) is 0 Å². The Hall–Kier alpha value is -1.64. The number of halogens is 1. The van der Waals surface area contributed by atoms with Crippen molar-refractivity contribution in [3.63, 3.8) is 0 Å². The van der Waals surface area contributed by atoms with Crippen molar-refractivity contribution in [2.75, 3.05) is 0 Å². The molecule has 3 heteroatoms. The van der Waals surface area contributed by atoms with Gasteiger partial charge < -0.3 is 4.42 Å². The van der Waals surface area contributed by atoms with Gasteiger partial charge in [-0.2, -0.15) is 0 Å². The Bertz CT molecular complexity index is 370. The molecule has 0 aliphatic rings. The lowest BCUT2D eigenvalue weighted by molar-refractivity contribution is 0.568. The quantitative estimate of drug-likeness (QED) is 0.645. The molecule has 2 heterocycles. The Morgan fingerprint density at radius 3 is 2.92 bits per heavy atom. The fourth-order valence-electron chi connectivity index (χ4n) is 0.973. The smallest absolute Gasteiger partial charge is 0.126 e. The van der Waals surface area contributed by atoms with Crippen LogP contribution in [0.25, 0.3) is 11.3 Å². The molecule has 60 valence electrons. The minimum atomic E-state index is -0.291. The van der Waals surface area contributed by atoms with Crippen LogP contribution in [-0.2, 0) is 0 Å². The summed E-state index contributed by atoms with van der Waals surface area (Å²) in [6.45, 7) is 0. The summed E-state index contributed by atoms with van der Waals surface area (Å²) < 4.78 is 17.5. The van der Waals surface area contributed by atoms with E-state index in [9.17, 15) is 4.39 Å². The minimum absolute atomic E-state index is 0.291. The first kappa shape index (κ1) is 7.03. The summed E-state index contributed by atoms with van der Waals surface area (Å²) in [6.07, 6.45) is 4.49. The van der Waals surface area contributed by atoms with E-state index in [4.69, 9.17) is 4.42 Å². The molecule has 12 heavy (non-hydrogen) atoms. The summed E-state index contributed by atoms with van der Waals surface area (Å²) in [5.74, 6) is -0.291. The highest BCUT2D eigenvalue weighted by molar-refractivity contribution is 5.56. The second-order valence-electron chi connectivity index (χ2n) is 2.37. The van der Waals surface area contributed by atoms with Crippen LogP contribution in [0.4, 0.5) is 4.39 Å². The van der Waals surface area contributed by atoms with Crippen LogP contribution in [0, 0.1) is 5.82 Å². The van der Waals surface area contributed by atoms with Crippen molar-refractivity contribution in [2.45, 2.75) is 0 Å². The van der Waals surface area contributed by atoms with Crippen LogP contribution in [0.1, 0.15) is 0 Å². The maximum absolute atomic E-state index is 12.7. The highest BCUT2D eigenvalue weighted by Gasteiger charge is 2.00. The molecular formula is C9H6FNO. The third-order valence-corrected chi connectivity index (χ3v) is 1.54. The molecule has 0 saturated carbocycles. The molecule has 0 bridgehead atoms. The maximum Gasteiger partial charge on any atom is 0.126 e. The Balaban J connectivity index is 2.48. The van der Waals surface area contributed by atoms with Crippen LogP contribution >= 0.6 is 0 Å². The first-order valence-corrected chi connectivity index (χ1v) is 3.50. The zero-order valence-corrected chi connectivity index (χ0v) is 6.20. The fourth-order valence-corrected chi connectivity index (χ4v) is 0.973. The predicted molar refractivity (Wildman–Crippen MR) is 41.9 cm³/mol. The van der Waals surface area contributed by atoms with Gasteiger partial charge in [-0.3, -0.25) is 4.98 Å². The lowest BCUT2D eigenvalue weighted by Crippen LogP contribution is -1.81. The molecule has 2 nitrogen and oxygen atoms in total. The van der Waals surface area contributed by atoms with E-state index in [-0.39, 0.29) is 5.82 Å². The average Bonchev–Trinajstić information content (AvgIpc) is 2.56. The average molecular weight is 163 g/mol. The first-order valence-electron chi connectivity index (χ1n) is 3.50. The largest absolute Gasteiger partial charge is 0.472 e. The van der Waals surface area contributed by atoms with Crippen LogP contribution < -0.4 is 0 Å². The SMILES string of the molecule is Fc1ccnc(-c2ccoc2)c1. The fraction of sp³-hybridized carbons (Fsp3) is 0. The number of nitrogens with zero attached hydrogens (tertiary/aromatic N) is 1. The van der Waals surface area contributed by atoms with Gasteiger partial charge in [0.25, 0.3) is 0 Å². The highest BCUT2D eigenvalue weighted by Crippen LogP contribution is 2.16. The van der Waals surface area contributed by atoms with E-state index >= 15 is 0 Å². The molecule has 0 aromatic carbocycles. The maximum atomic E-state index is 12.7. The predicted octanol–water partition coefficient (Wildman–Crippen LogP) is 2.48. The van der Waals surface area contributed by atoms with Crippen LogP contribution in [0.3, 0.4) is 0 Å². The molecule has 0 unspecified atom stereocenters. The second-order valence-corrected chi connectivity index (χ2v) is 2.37. The van der Waals surface area contributed by atoms with Gasteiger partial charge in [-0.15, -0.1) is 0 Å². The summed E-state index contributed by atoms with van der Waals surface area (Å²) in [7, 11) is 0. The van der Waals surface area contributed by atoms with Crippen molar-refractivity contribution in [2.24, 2.45) is 0 Å². The van der Waals surface area contributed by atoms with Crippen molar-refractivity contribution in [3.05, 3.63) is 42.7 Å². The van der Waals surface area contributed by atoms with Crippen molar-refractivity contribution >= 4 is 0 Å². The van der Waals surface area contributed by atoms with Crippen molar-refractivity contribution < 1.29 is 8.81 Å². The molecule has 2 aromatic rings. The Morgan fingerprint density at radius 2 is 2.25 bits per heavy atom. The third-order valence-electron chi connectivity index (χ3n) is 1.54. The third kappa shape index (κ3) is 1.21. The van der Waals surface area contributed by atoms with Crippen molar-refractivity contribution in [3.8, 4) is 11.3 Å². The summed E-state index contributed by atoms with van der Waals surface area (Å²) >= 11 is 0. The zero-order valence-electron chi connectivity index (χ0n) is 6.20. The number of furan rings is 1. The molecule has 0 radical (unpaired) electrons. The van der Waals surface area contributed by atoms with Gasteiger partial charge in [-0.25, -0.2) is 4.39 Å². The van der Waals surface area contributed by atoms with Gasteiger partial charge in [-0.1, -0.05) is 0 Å². The summed E-state index contributed by atoms with van der Waals surface area (Å²) in [6, 6.07) is 4.41.